The van der Waals surface area contributed by atoms with Gasteiger partial charge >= 0.3 is 5.97 Å². The normalized spacial score (nSPS) is 9.56. The number of carboxylic acid groups (broad SMARTS) is 1. The van der Waals surface area contributed by atoms with E-state index in [1.54, 1.807) is 18.2 Å². The van der Waals surface area contributed by atoms with Crippen LogP contribution in [0.5, 0.6) is 0 Å². The first kappa shape index (κ1) is 12.0. The number of likely N-dealkylation sites (N-methyl/N-ethyl adjacent to an activating group) is 1. The van der Waals surface area contributed by atoms with Crippen LogP contribution in [-0.4, -0.2) is 30.1 Å². The number of carbonyl (C=O) groups is 2. The van der Waals surface area contributed by atoms with Crippen LogP contribution >= 0.6 is 0 Å². The van der Waals surface area contributed by atoms with Gasteiger partial charge in [-0.15, -0.1) is 0 Å². The maximum atomic E-state index is 11.2. The van der Waals surface area contributed by atoms with Gasteiger partial charge in [0.15, 0.2) is 0 Å². The highest BCUT2D eigenvalue weighted by molar-refractivity contribution is 5.95. The molecule has 0 bridgehead atoms. The number of amides is 1. The zero-order valence-electron chi connectivity index (χ0n) is 8.99. The number of hydrogen-bond acceptors (Lipinski definition) is 3. The molecule has 1 aromatic carbocycles. The molecule has 86 valence electrons. The first-order valence-corrected chi connectivity index (χ1v) is 4.98. The van der Waals surface area contributed by atoms with E-state index in [2.05, 4.69) is 10.6 Å². The van der Waals surface area contributed by atoms with E-state index in [-0.39, 0.29) is 18.0 Å². The molecule has 0 spiro atoms. The summed E-state index contributed by atoms with van der Waals surface area (Å²) in [5.41, 5.74) is 0.605. The second kappa shape index (κ2) is 5.75. The summed E-state index contributed by atoms with van der Waals surface area (Å²) < 4.78 is 0. The monoisotopic (exact) mass is 222 g/mol. The average molecular weight is 222 g/mol. The number of carboxylic acids is 1. The standard InChI is InChI=1S/C11H14N2O3/c1-2-12-10(14)7-13-9-6-4-3-5-8(9)11(15)16/h3-6,13H,2,7H2,1H3,(H,12,14)(H,15,16). The van der Waals surface area contributed by atoms with Crippen molar-refractivity contribution < 1.29 is 14.7 Å². The molecule has 0 aromatic heterocycles. The Morgan fingerprint density at radius 1 is 1.31 bits per heavy atom. The molecule has 1 amide bonds. The van der Waals surface area contributed by atoms with E-state index >= 15 is 0 Å². The molecule has 0 aliphatic carbocycles. The zero-order valence-corrected chi connectivity index (χ0v) is 8.99. The van der Waals surface area contributed by atoms with Gasteiger partial charge in [-0.25, -0.2) is 4.79 Å². The number of aromatic carboxylic acids is 1. The Balaban J connectivity index is 2.66. The molecular formula is C11H14N2O3. The lowest BCUT2D eigenvalue weighted by Crippen LogP contribution is -2.29. The van der Waals surface area contributed by atoms with E-state index in [0.717, 1.165) is 0 Å². The van der Waals surface area contributed by atoms with Crippen molar-refractivity contribution in [2.45, 2.75) is 6.92 Å². The fourth-order valence-electron chi connectivity index (χ4n) is 1.26. The van der Waals surface area contributed by atoms with Crippen molar-refractivity contribution in [1.29, 1.82) is 0 Å². The molecule has 1 aromatic rings. The van der Waals surface area contributed by atoms with Crippen molar-refractivity contribution >= 4 is 17.6 Å². The fourth-order valence-corrected chi connectivity index (χ4v) is 1.26. The van der Waals surface area contributed by atoms with Crippen molar-refractivity contribution in [3.8, 4) is 0 Å². The molecule has 5 nitrogen and oxygen atoms in total. The molecule has 0 aliphatic rings. The molecule has 0 aliphatic heterocycles. The minimum absolute atomic E-state index is 0.0676. The van der Waals surface area contributed by atoms with Crippen molar-refractivity contribution in [3.05, 3.63) is 29.8 Å². The van der Waals surface area contributed by atoms with Crippen LogP contribution in [-0.2, 0) is 4.79 Å². The average Bonchev–Trinajstić information content (AvgIpc) is 2.27. The highest BCUT2D eigenvalue weighted by Gasteiger charge is 2.09. The summed E-state index contributed by atoms with van der Waals surface area (Å²) in [4.78, 5) is 22.0. The predicted octanol–water partition coefficient (Wildman–Crippen LogP) is 0.933. The number of para-hydroxylation sites is 1. The Kier molecular flexibility index (Phi) is 4.32. The number of benzene rings is 1. The SMILES string of the molecule is CCNC(=O)CNc1ccccc1C(=O)O. The highest BCUT2D eigenvalue weighted by atomic mass is 16.4. The van der Waals surface area contributed by atoms with Gasteiger partial charge < -0.3 is 15.7 Å². The lowest BCUT2D eigenvalue weighted by Gasteiger charge is -2.08. The topological polar surface area (TPSA) is 78.4 Å². The maximum Gasteiger partial charge on any atom is 0.337 e. The smallest absolute Gasteiger partial charge is 0.337 e. The Morgan fingerprint density at radius 3 is 2.62 bits per heavy atom. The zero-order chi connectivity index (χ0) is 12.0. The summed E-state index contributed by atoms with van der Waals surface area (Å²) in [6.07, 6.45) is 0. The minimum atomic E-state index is -1.01. The first-order valence-electron chi connectivity index (χ1n) is 4.98. The van der Waals surface area contributed by atoms with Gasteiger partial charge in [-0.2, -0.15) is 0 Å². The summed E-state index contributed by atoms with van der Waals surface area (Å²) >= 11 is 0. The van der Waals surface area contributed by atoms with E-state index in [9.17, 15) is 9.59 Å². The number of anilines is 1. The lowest BCUT2D eigenvalue weighted by molar-refractivity contribution is -0.119. The van der Waals surface area contributed by atoms with Gasteiger partial charge in [0, 0.05) is 12.2 Å². The van der Waals surface area contributed by atoms with Crippen LogP contribution in [0.3, 0.4) is 0 Å². The van der Waals surface area contributed by atoms with Crippen molar-refractivity contribution in [2.75, 3.05) is 18.4 Å². The molecule has 0 saturated heterocycles. The van der Waals surface area contributed by atoms with Crippen LogP contribution in [0.4, 0.5) is 5.69 Å². The van der Waals surface area contributed by atoms with Gasteiger partial charge in [-0.1, -0.05) is 12.1 Å². The largest absolute Gasteiger partial charge is 0.478 e. The maximum absolute atomic E-state index is 11.2. The summed E-state index contributed by atoms with van der Waals surface area (Å²) in [5, 5.41) is 14.3. The summed E-state index contributed by atoms with van der Waals surface area (Å²) in [5.74, 6) is -1.18. The summed E-state index contributed by atoms with van der Waals surface area (Å²) in [7, 11) is 0. The Hall–Kier alpha value is -2.04. The van der Waals surface area contributed by atoms with Crippen LogP contribution < -0.4 is 10.6 Å². The van der Waals surface area contributed by atoms with Crippen molar-refractivity contribution in [1.82, 2.24) is 5.32 Å². The van der Waals surface area contributed by atoms with Gasteiger partial charge in [0.25, 0.3) is 0 Å². The van der Waals surface area contributed by atoms with Crippen molar-refractivity contribution in [2.24, 2.45) is 0 Å². The number of nitrogens with one attached hydrogen (secondary N) is 2. The van der Waals surface area contributed by atoms with Crippen molar-refractivity contribution in [3.63, 3.8) is 0 Å². The van der Waals surface area contributed by atoms with E-state index in [1.807, 2.05) is 6.92 Å². The highest BCUT2D eigenvalue weighted by Crippen LogP contribution is 2.14. The molecule has 5 heteroatoms. The second-order valence-corrected chi connectivity index (χ2v) is 3.16. The van der Waals surface area contributed by atoms with E-state index in [4.69, 9.17) is 5.11 Å². The molecule has 0 atom stereocenters. The van der Waals surface area contributed by atoms with E-state index in [0.29, 0.717) is 12.2 Å². The molecular weight excluding hydrogens is 208 g/mol. The van der Waals surface area contributed by atoms with E-state index < -0.39 is 5.97 Å². The Morgan fingerprint density at radius 2 is 2.00 bits per heavy atom. The second-order valence-electron chi connectivity index (χ2n) is 3.16. The molecule has 3 N–H and O–H groups in total. The molecule has 1 rings (SSSR count). The van der Waals surface area contributed by atoms with Crippen LogP contribution in [0.15, 0.2) is 24.3 Å². The third kappa shape index (κ3) is 3.27. The van der Waals surface area contributed by atoms with Gasteiger partial charge in [0.1, 0.15) is 0 Å². The molecule has 0 radical (unpaired) electrons. The predicted molar refractivity (Wildman–Crippen MR) is 60.6 cm³/mol. The van der Waals surface area contributed by atoms with Crippen LogP contribution in [0.1, 0.15) is 17.3 Å². The number of hydrogen-bond donors (Lipinski definition) is 3. The fraction of sp³-hybridized carbons (Fsp3) is 0.273. The third-order valence-electron chi connectivity index (χ3n) is 1.97. The first-order chi connectivity index (χ1) is 7.65. The summed E-state index contributed by atoms with van der Waals surface area (Å²) in [6, 6.07) is 6.47. The minimum Gasteiger partial charge on any atom is -0.478 e. The Bertz CT molecular complexity index is 391. The molecule has 0 fully saturated rings. The van der Waals surface area contributed by atoms with Gasteiger partial charge in [0.2, 0.25) is 5.91 Å². The molecule has 16 heavy (non-hydrogen) atoms. The summed E-state index contributed by atoms with van der Waals surface area (Å²) in [6.45, 7) is 2.45. The van der Waals surface area contributed by atoms with Crippen LogP contribution in [0.2, 0.25) is 0 Å². The van der Waals surface area contributed by atoms with Crippen LogP contribution in [0, 0.1) is 0 Å². The number of carbonyl (C=O) groups excluding carboxylic acids is 1. The molecule has 0 saturated carbocycles. The van der Waals surface area contributed by atoms with Crippen LogP contribution in [0.25, 0.3) is 0 Å². The third-order valence-corrected chi connectivity index (χ3v) is 1.97. The van der Waals surface area contributed by atoms with Gasteiger partial charge in [-0.05, 0) is 19.1 Å². The quantitative estimate of drug-likeness (QED) is 0.692. The molecule has 0 unspecified atom stereocenters. The Labute approximate surface area is 93.5 Å². The number of rotatable bonds is 5. The van der Waals surface area contributed by atoms with E-state index in [1.165, 1.54) is 6.07 Å². The van der Waals surface area contributed by atoms with Gasteiger partial charge in [-0.3, -0.25) is 4.79 Å². The molecule has 0 heterocycles. The van der Waals surface area contributed by atoms with Gasteiger partial charge in [0.05, 0.1) is 12.1 Å². The lowest BCUT2D eigenvalue weighted by atomic mass is 10.2.